The Kier molecular flexibility index (Phi) is 11.4. The van der Waals surface area contributed by atoms with E-state index in [9.17, 15) is 24.3 Å². The monoisotopic (exact) mass is 670 g/mol. The Bertz CT molecular complexity index is 1270. The molecule has 3 atom stereocenters. The van der Waals surface area contributed by atoms with Gasteiger partial charge < -0.3 is 24.1 Å². The summed E-state index contributed by atoms with van der Waals surface area (Å²) in [5.41, 5.74) is 0.150. The molecule has 8 bridgehead atoms. The highest BCUT2D eigenvalue weighted by atomic mass is 16.6. The Morgan fingerprint density at radius 2 is 1.25 bits per heavy atom. The molecule has 0 aromatic rings. The molecule has 8 saturated carbocycles. The van der Waals surface area contributed by atoms with Gasteiger partial charge in [0.15, 0.2) is 0 Å². The van der Waals surface area contributed by atoms with Gasteiger partial charge in [0.1, 0.15) is 11.2 Å². The van der Waals surface area contributed by atoms with Gasteiger partial charge in [-0.2, -0.15) is 0 Å². The number of carbonyl (C=O) groups is 4. The predicted molar refractivity (Wildman–Crippen MR) is 181 cm³/mol. The number of cyclic esters (lactones) is 1. The van der Waals surface area contributed by atoms with Crippen LogP contribution < -0.4 is 0 Å². The van der Waals surface area contributed by atoms with Crippen molar-refractivity contribution in [3.05, 3.63) is 36.5 Å². The first-order valence-corrected chi connectivity index (χ1v) is 17.6. The third kappa shape index (κ3) is 7.92. The minimum Gasteiger partial charge on any atom is -0.463 e. The van der Waals surface area contributed by atoms with Gasteiger partial charge in [-0.3, -0.25) is 0 Å². The molecule has 9 fully saturated rings. The maximum absolute atomic E-state index is 12.0. The highest BCUT2D eigenvalue weighted by Crippen LogP contribution is 2.61. The van der Waals surface area contributed by atoms with Crippen LogP contribution in [-0.4, -0.2) is 58.5 Å². The molecule has 0 amide bonds. The molecule has 3 unspecified atom stereocenters. The molecule has 0 aromatic carbocycles. The van der Waals surface area contributed by atoms with Crippen LogP contribution in [0.3, 0.4) is 0 Å². The molecule has 1 aliphatic heterocycles. The van der Waals surface area contributed by atoms with Crippen molar-refractivity contribution in [2.75, 3.05) is 6.61 Å². The topological polar surface area (TPSA) is 125 Å². The van der Waals surface area contributed by atoms with Crippen molar-refractivity contribution in [1.82, 2.24) is 0 Å². The van der Waals surface area contributed by atoms with E-state index in [4.69, 9.17) is 14.2 Å². The Hall–Kier alpha value is -2.94. The molecule has 9 aliphatic rings. The zero-order valence-corrected chi connectivity index (χ0v) is 28.8. The first kappa shape index (κ1) is 37.9. The second-order valence-corrected chi connectivity index (χ2v) is 16.0. The molecule has 0 aromatic heterocycles. The smallest absolute Gasteiger partial charge is 0.347 e. The van der Waals surface area contributed by atoms with Gasteiger partial charge in [0.05, 0.1) is 12.2 Å². The summed E-state index contributed by atoms with van der Waals surface area (Å²) in [5, 5.41) is 10.5. The fourth-order valence-corrected chi connectivity index (χ4v) is 10.4. The summed E-state index contributed by atoms with van der Waals surface area (Å²) in [4.78, 5) is 45.4. The Balaban J connectivity index is 0.000000165. The fourth-order valence-electron chi connectivity index (χ4n) is 10.4. The molecule has 9 nitrogen and oxygen atoms in total. The van der Waals surface area contributed by atoms with Crippen LogP contribution in [0.5, 0.6) is 0 Å². The first-order chi connectivity index (χ1) is 22.1. The van der Waals surface area contributed by atoms with E-state index in [2.05, 4.69) is 31.4 Å². The van der Waals surface area contributed by atoms with Gasteiger partial charge in [0.25, 0.3) is 0 Å². The average Bonchev–Trinajstić information content (AvgIpc) is 3.37. The number of esters is 4. The van der Waals surface area contributed by atoms with Gasteiger partial charge in [-0.25, -0.2) is 19.2 Å². The minimum absolute atomic E-state index is 0. The highest BCUT2D eigenvalue weighted by molar-refractivity contribution is 5.90. The molecule has 48 heavy (non-hydrogen) atoms. The number of hydrogen-bond donors (Lipinski definition) is 1. The van der Waals surface area contributed by atoms with Gasteiger partial charge in [0.2, 0.25) is 6.10 Å². The number of ether oxygens (including phenoxy) is 4. The Labute approximate surface area is 286 Å². The van der Waals surface area contributed by atoms with Gasteiger partial charge in [-0.1, -0.05) is 34.1 Å². The maximum atomic E-state index is 12.0. The molecule has 9 heteroatoms. The summed E-state index contributed by atoms with van der Waals surface area (Å²) in [7, 11) is 0. The van der Waals surface area contributed by atoms with Gasteiger partial charge in [-0.05, 0) is 127 Å². The summed E-state index contributed by atoms with van der Waals surface area (Å²) in [6.45, 7) is 18.2. The van der Waals surface area contributed by atoms with Crippen molar-refractivity contribution in [3.63, 3.8) is 0 Å². The number of carbonyl (C=O) groups excluding carboxylic acids is 4. The summed E-state index contributed by atoms with van der Waals surface area (Å²) in [5.74, 6) is 2.65. The van der Waals surface area contributed by atoms with E-state index in [0.717, 1.165) is 43.9 Å². The number of rotatable bonds is 7. The highest BCUT2D eigenvalue weighted by Gasteiger charge is 2.60. The number of hydrogen-bond acceptors (Lipinski definition) is 9. The van der Waals surface area contributed by atoms with Crippen LogP contribution in [0, 0.1) is 35.5 Å². The van der Waals surface area contributed by atoms with Crippen molar-refractivity contribution in [2.45, 2.75) is 141 Å². The molecule has 268 valence electrons. The van der Waals surface area contributed by atoms with E-state index in [1.807, 2.05) is 0 Å². The lowest BCUT2D eigenvalue weighted by Crippen LogP contribution is -2.60. The van der Waals surface area contributed by atoms with Crippen molar-refractivity contribution in [1.29, 1.82) is 0 Å². The first-order valence-electron chi connectivity index (χ1n) is 17.6. The lowest BCUT2D eigenvalue weighted by Gasteiger charge is -2.60. The second-order valence-electron chi connectivity index (χ2n) is 16.0. The van der Waals surface area contributed by atoms with Crippen LogP contribution in [0.1, 0.15) is 119 Å². The Morgan fingerprint density at radius 3 is 1.67 bits per heavy atom. The molecular weight excluding hydrogens is 612 g/mol. The van der Waals surface area contributed by atoms with E-state index in [1.54, 1.807) is 13.8 Å². The van der Waals surface area contributed by atoms with Crippen LogP contribution >= 0.6 is 0 Å². The van der Waals surface area contributed by atoms with E-state index in [0.29, 0.717) is 54.3 Å². The molecule has 0 radical (unpaired) electrons. The van der Waals surface area contributed by atoms with Crippen LogP contribution in [0.2, 0.25) is 0 Å². The van der Waals surface area contributed by atoms with Crippen molar-refractivity contribution in [3.8, 4) is 0 Å². The molecule has 9 rings (SSSR count). The third-order valence-corrected chi connectivity index (χ3v) is 11.8. The minimum atomic E-state index is -0.728. The normalized spacial score (nSPS) is 38.9. The van der Waals surface area contributed by atoms with E-state index < -0.39 is 29.2 Å². The Morgan fingerprint density at radius 1 is 0.771 bits per heavy atom. The lowest BCUT2D eigenvalue weighted by molar-refractivity contribution is -0.217. The number of aliphatic hydroxyl groups is 1. The van der Waals surface area contributed by atoms with E-state index >= 15 is 0 Å². The summed E-state index contributed by atoms with van der Waals surface area (Å²) < 4.78 is 21.0. The zero-order valence-electron chi connectivity index (χ0n) is 28.8. The summed E-state index contributed by atoms with van der Waals surface area (Å²) in [6, 6.07) is 0. The zero-order chi connectivity index (χ0) is 34.3. The second kappa shape index (κ2) is 14.5. The molecular formula is C39H58O9. The maximum Gasteiger partial charge on any atom is 0.347 e. The molecule has 0 spiro atoms. The van der Waals surface area contributed by atoms with Crippen molar-refractivity contribution < 1.29 is 43.2 Å². The third-order valence-electron chi connectivity index (χ3n) is 11.8. The molecule has 8 aliphatic carbocycles. The molecule has 1 saturated heterocycles. The predicted octanol–water partition coefficient (Wildman–Crippen LogP) is 6.96. The van der Waals surface area contributed by atoms with Gasteiger partial charge in [0, 0.05) is 29.6 Å². The molecule has 1 heterocycles. The van der Waals surface area contributed by atoms with Crippen LogP contribution in [0.25, 0.3) is 0 Å². The van der Waals surface area contributed by atoms with Crippen molar-refractivity contribution >= 4 is 23.9 Å². The van der Waals surface area contributed by atoms with E-state index in [1.165, 1.54) is 45.4 Å². The standard InChI is InChI=1S/C16H24O2.C14H20O3.C8H10O4.CH4/c1-4-16(18-15(17)10(2)3)13-6-11-5-12(8-13)9-14(16)7-11;1-9(2)12(15)17-14-6-10-3-11(7-14)5-13(16,4-10)8-14;1-5(2)7(9)12-6-3-4-11-8(6)10;/h11-14H,2,4-9H2,1,3H3;10-11,16H,1,3-8H2,2H3;6H,1,3-4H2,2H3;1H4. The van der Waals surface area contributed by atoms with Gasteiger partial charge in [-0.15, -0.1) is 0 Å². The van der Waals surface area contributed by atoms with Crippen LogP contribution in [0.15, 0.2) is 36.5 Å². The van der Waals surface area contributed by atoms with Crippen LogP contribution in [-0.2, 0) is 38.1 Å². The summed E-state index contributed by atoms with van der Waals surface area (Å²) >= 11 is 0. The summed E-state index contributed by atoms with van der Waals surface area (Å²) in [6.07, 6.45) is 12.7. The lowest BCUT2D eigenvalue weighted by atomic mass is 9.49. The van der Waals surface area contributed by atoms with Crippen LogP contribution in [0.4, 0.5) is 0 Å². The fraction of sp³-hybridized carbons (Fsp3) is 0.744. The largest absolute Gasteiger partial charge is 0.463 e. The van der Waals surface area contributed by atoms with Crippen molar-refractivity contribution in [2.24, 2.45) is 35.5 Å². The van der Waals surface area contributed by atoms with E-state index in [-0.39, 0.29) is 30.5 Å². The SMILES string of the molecule is C.C=C(C)C(=O)OC1(CC)C2CC3CC(C2)CC1C3.C=C(C)C(=O)OC12CC3CC(CC(O)(C3)C1)C2.C=C(C)C(=O)OC1CCOC1=O. The molecule has 1 N–H and O–H groups in total. The quantitative estimate of drug-likeness (QED) is 0.174. The average molecular weight is 671 g/mol. The van der Waals surface area contributed by atoms with Gasteiger partial charge >= 0.3 is 23.9 Å².